The Morgan fingerprint density at radius 1 is 0.872 bits per heavy atom. The Hall–Kier alpha value is -3.52. The minimum atomic E-state index is -0.257. The van der Waals surface area contributed by atoms with Crippen LogP contribution in [-0.4, -0.2) is 55.6 Å². The molecule has 0 saturated carbocycles. The Labute approximate surface area is 236 Å². The number of carbonyl (C=O) groups excluding carboxylic acids is 2. The number of benzene rings is 2. The monoisotopic (exact) mass is 551 g/mol. The van der Waals surface area contributed by atoms with E-state index in [4.69, 9.17) is 9.47 Å². The van der Waals surface area contributed by atoms with E-state index < -0.39 is 0 Å². The predicted molar refractivity (Wildman–Crippen MR) is 159 cm³/mol. The molecule has 210 valence electrons. The van der Waals surface area contributed by atoms with Gasteiger partial charge in [0.05, 0.1) is 20.8 Å². The van der Waals surface area contributed by atoms with Crippen molar-refractivity contribution in [3.63, 3.8) is 0 Å². The number of carbonyl (C=O) groups is 2. The van der Waals surface area contributed by atoms with Gasteiger partial charge in [-0.15, -0.1) is 11.3 Å². The summed E-state index contributed by atoms with van der Waals surface area (Å²) in [7, 11) is 3.23. The molecule has 0 aliphatic carbocycles. The van der Waals surface area contributed by atoms with Crippen LogP contribution >= 0.6 is 11.3 Å². The molecular weight excluding hydrogens is 510 g/mol. The van der Waals surface area contributed by atoms with Gasteiger partial charge in [-0.05, 0) is 73.7 Å². The normalized spacial score (nSPS) is 10.7. The number of urea groups is 1. The number of anilines is 1. The number of nitrogens with zero attached hydrogens (tertiary/aromatic N) is 2. The van der Waals surface area contributed by atoms with Crippen molar-refractivity contribution in [1.82, 2.24) is 9.80 Å². The van der Waals surface area contributed by atoms with E-state index in [1.807, 2.05) is 47.4 Å². The molecule has 7 nitrogen and oxygen atoms in total. The number of ether oxygens (including phenoxy) is 2. The number of amides is 3. The Morgan fingerprint density at radius 2 is 1.59 bits per heavy atom. The van der Waals surface area contributed by atoms with Gasteiger partial charge in [0.15, 0.2) is 11.5 Å². The van der Waals surface area contributed by atoms with Crippen molar-refractivity contribution in [2.75, 3.05) is 39.2 Å². The fourth-order valence-electron chi connectivity index (χ4n) is 4.24. The van der Waals surface area contributed by atoms with Crippen molar-refractivity contribution >= 4 is 29.0 Å². The molecule has 0 bridgehead atoms. The Bertz CT molecular complexity index is 1210. The van der Waals surface area contributed by atoms with E-state index in [0.717, 1.165) is 35.4 Å². The van der Waals surface area contributed by atoms with Gasteiger partial charge in [0.25, 0.3) is 0 Å². The summed E-state index contributed by atoms with van der Waals surface area (Å²) >= 11 is 1.69. The van der Waals surface area contributed by atoms with Crippen molar-refractivity contribution in [2.45, 2.75) is 53.0 Å². The zero-order valence-corrected chi connectivity index (χ0v) is 24.6. The highest BCUT2D eigenvalue weighted by Gasteiger charge is 2.22. The van der Waals surface area contributed by atoms with Crippen LogP contribution in [0.15, 0.2) is 54.6 Å². The average molecular weight is 552 g/mol. The number of aryl methyl sites for hydroxylation is 2. The molecule has 0 unspecified atom stereocenters. The molecule has 0 radical (unpaired) electrons. The minimum Gasteiger partial charge on any atom is -0.493 e. The Morgan fingerprint density at radius 3 is 2.21 bits per heavy atom. The van der Waals surface area contributed by atoms with E-state index in [1.54, 1.807) is 30.5 Å². The highest BCUT2D eigenvalue weighted by Crippen LogP contribution is 2.28. The van der Waals surface area contributed by atoms with Crippen molar-refractivity contribution in [2.24, 2.45) is 0 Å². The van der Waals surface area contributed by atoms with E-state index in [-0.39, 0.29) is 18.5 Å². The molecule has 0 spiro atoms. The lowest BCUT2D eigenvalue weighted by atomic mass is 10.1. The first-order valence-electron chi connectivity index (χ1n) is 13.6. The van der Waals surface area contributed by atoms with Crippen molar-refractivity contribution in [3.05, 3.63) is 75.5 Å². The van der Waals surface area contributed by atoms with E-state index in [1.165, 1.54) is 10.4 Å². The molecule has 1 aromatic heterocycles. The first-order chi connectivity index (χ1) is 18.9. The number of nitrogens with one attached hydrogen (secondary N) is 1. The number of unbranched alkanes of at least 4 members (excludes halogenated alkanes) is 1. The summed E-state index contributed by atoms with van der Waals surface area (Å²) in [6.07, 6.45) is 3.35. The topological polar surface area (TPSA) is 71.1 Å². The smallest absolute Gasteiger partial charge is 0.322 e. The second-order valence-corrected chi connectivity index (χ2v) is 10.9. The summed E-state index contributed by atoms with van der Waals surface area (Å²) in [6.45, 7) is 7.81. The first kappa shape index (κ1) is 30.0. The summed E-state index contributed by atoms with van der Waals surface area (Å²) in [5.41, 5.74) is 2.98. The molecule has 3 rings (SSSR count). The van der Waals surface area contributed by atoms with Crippen molar-refractivity contribution in [3.8, 4) is 11.5 Å². The Balaban J connectivity index is 1.74. The molecule has 1 N–H and O–H groups in total. The third-order valence-corrected chi connectivity index (χ3v) is 7.61. The lowest BCUT2D eigenvalue weighted by molar-refractivity contribution is -0.132. The number of rotatable bonds is 14. The van der Waals surface area contributed by atoms with Crippen LogP contribution in [0, 0.1) is 6.92 Å². The van der Waals surface area contributed by atoms with Crippen LogP contribution in [-0.2, 0) is 24.2 Å². The van der Waals surface area contributed by atoms with Gasteiger partial charge in [-0.25, -0.2) is 4.79 Å². The summed E-state index contributed by atoms with van der Waals surface area (Å²) in [5.74, 6) is 1.26. The van der Waals surface area contributed by atoms with Crippen molar-refractivity contribution in [1.29, 1.82) is 0 Å². The molecule has 2 aromatic carbocycles. The molecule has 39 heavy (non-hydrogen) atoms. The van der Waals surface area contributed by atoms with Crippen LogP contribution in [0.25, 0.3) is 0 Å². The zero-order chi connectivity index (χ0) is 28.2. The van der Waals surface area contributed by atoms with E-state index in [0.29, 0.717) is 37.6 Å². The van der Waals surface area contributed by atoms with Crippen LogP contribution in [0.1, 0.15) is 47.6 Å². The first-order valence-corrected chi connectivity index (χ1v) is 14.4. The van der Waals surface area contributed by atoms with E-state index >= 15 is 0 Å². The third-order valence-electron chi connectivity index (χ3n) is 6.62. The molecule has 1 heterocycles. The van der Waals surface area contributed by atoms with Gasteiger partial charge in [-0.2, -0.15) is 0 Å². The largest absolute Gasteiger partial charge is 0.493 e. The second-order valence-electron chi connectivity index (χ2n) is 9.52. The van der Waals surface area contributed by atoms with Gasteiger partial charge in [-0.3, -0.25) is 4.79 Å². The van der Waals surface area contributed by atoms with Gasteiger partial charge in [0.1, 0.15) is 6.54 Å². The van der Waals surface area contributed by atoms with Crippen molar-refractivity contribution < 1.29 is 19.1 Å². The van der Waals surface area contributed by atoms with Crippen LogP contribution < -0.4 is 14.8 Å². The average Bonchev–Trinajstić information content (AvgIpc) is 3.37. The summed E-state index contributed by atoms with van der Waals surface area (Å²) < 4.78 is 10.8. The van der Waals surface area contributed by atoms with Crippen LogP contribution in [0.3, 0.4) is 0 Å². The van der Waals surface area contributed by atoms with Gasteiger partial charge in [-0.1, -0.05) is 38.5 Å². The van der Waals surface area contributed by atoms with E-state index in [2.05, 4.69) is 38.2 Å². The number of thiophene rings is 1. The maximum Gasteiger partial charge on any atom is 0.322 e. The highest BCUT2D eigenvalue weighted by atomic mass is 32.1. The highest BCUT2D eigenvalue weighted by molar-refractivity contribution is 7.11. The lowest BCUT2D eigenvalue weighted by Crippen LogP contribution is -2.45. The quantitative estimate of drug-likeness (QED) is 0.247. The molecule has 8 heteroatoms. The molecule has 3 amide bonds. The summed E-state index contributed by atoms with van der Waals surface area (Å²) in [5, 5.41) is 2.97. The lowest BCUT2D eigenvalue weighted by Gasteiger charge is -2.28. The SMILES string of the molecule is CCCCN(CC(=O)N(CCc1ccc(OC)c(OC)c1)Cc1ccc(C)s1)C(=O)Nc1ccc(CC)cc1. The number of hydrogen-bond donors (Lipinski definition) is 1. The standard InChI is InChI=1S/C31H41N3O4S/c1-6-8-18-34(31(36)32-26-13-10-24(7-2)11-14-26)22-30(35)33(21-27-15-9-23(3)39-27)19-17-25-12-16-28(37-4)29(20-25)38-5/h9-16,20H,6-8,17-19,21-22H2,1-5H3,(H,32,36). The van der Waals surface area contributed by atoms with Gasteiger partial charge >= 0.3 is 6.03 Å². The number of hydrogen-bond acceptors (Lipinski definition) is 5. The third kappa shape index (κ3) is 9.03. The maximum absolute atomic E-state index is 13.7. The predicted octanol–water partition coefficient (Wildman–Crippen LogP) is 6.54. The summed E-state index contributed by atoms with van der Waals surface area (Å²) in [6, 6.07) is 17.5. The minimum absolute atomic E-state index is 0.0230. The second kappa shape index (κ2) is 15.2. The van der Waals surface area contributed by atoms with Gasteiger partial charge in [0, 0.05) is 28.5 Å². The summed E-state index contributed by atoms with van der Waals surface area (Å²) in [4.78, 5) is 32.7. The van der Waals surface area contributed by atoms with Crippen LogP contribution in [0.2, 0.25) is 0 Å². The molecule has 0 fully saturated rings. The van der Waals surface area contributed by atoms with E-state index in [9.17, 15) is 9.59 Å². The zero-order valence-electron chi connectivity index (χ0n) is 23.8. The molecule has 0 aliphatic heterocycles. The van der Waals surface area contributed by atoms with Crippen LogP contribution in [0.5, 0.6) is 11.5 Å². The molecule has 0 aliphatic rings. The Kier molecular flexibility index (Phi) is 11.7. The fourth-order valence-corrected chi connectivity index (χ4v) is 5.15. The van der Waals surface area contributed by atoms with Gasteiger partial charge < -0.3 is 24.6 Å². The fraction of sp³-hybridized carbons (Fsp3) is 0.419. The molecule has 0 atom stereocenters. The van der Waals surface area contributed by atoms with Gasteiger partial charge in [0.2, 0.25) is 5.91 Å². The molecule has 3 aromatic rings. The maximum atomic E-state index is 13.7. The number of methoxy groups -OCH3 is 2. The molecule has 0 saturated heterocycles. The van der Waals surface area contributed by atoms with Crippen LogP contribution in [0.4, 0.5) is 10.5 Å². The molecular formula is C31H41N3O4S.